The van der Waals surface area contributed by atoms with Crippen LogP contribution in [0.15, 0.2) is 53.3 Å². The number of para-hydroxylation sites is 1. The number of fused-ring (bicyclic) bond motifs is 1. The lowest BCUT2D eigenvalue weighted by molar-refractivity contribution is -0.116. The van der Waals surface area contributed by atoms with Crippen molar-refractivity contribution in [2.45, 2.75) is 13.5 Å². The molecular weight excluding hydrogens is 401 g/mol. The number of aromatic nitrogens is 1. The van der Waals surface area contributed by atoms with Crippen molar-refractivity contribution in [2.75, 3.05) is 31.6 Å². The molecule has 8 heteroatoms. The van der Waals surface area contributed by atoms with Crippen LogP contribution in [0, 0.1) is 12.7 Å². The third-order valence-corrected chi connectivity index (χ3v) is 5.31. The quantitative estimate of drug-likeness (QED) is 0.700. The summed E-state index contributed by atoms with van der Waals surface area (Å²) in [6.07, 6.45) is 0. The van der Waals surface area contributed by atoms with Crippen molar-refractivity contribution in [3.05, 3.63) is 75.8 Å². The summed E-state index contributed by atoms with van der Waals surface area (Å²) in [5, 5.41) is 3.31. The second kappa shape index (κ2) is 8.69. The summed E-state index contributed by atoms with van der Waals surface area (Å²) in [4.78, 5) is 40.2. The maximum Gasteiger partial charge on any atom is 0.254 e. The normalized spacial score (nSPS) is 13.9. The van der Waals surface area contributed by atoms with Crippen molar-refractivity contribution < 1.29 is 18.7 Å². The van der Waals surface area contributed by atoms with Gasteiger partial charge >= 0.3 is 0 Å². The van der Waals surface area contributed by atoms with Gasteiger partial charge in [0.2, 0.25) is 5.91 Å². The number of hydrogen-bond acceptors (Lipinski definition) is 4. The summed E-state index contributed by atoms with van der Waals surface area (Å²) in [5.41, 5.74) is 1.42. The number of morpholine rings is 1. The molecule has 1 aromatic heterocycles. The first-order chi connectivity index (χ1) is 14.9. The molecule has 2 heterocycles. The van der Waals surface area contributed by atoms with Crippen LogP contribution in [0.4, 0.5) is 10.1 Å². The predicted octanol–water partition coefficient (Wildman–Crippen LogP) is 2.56. The summed E-state index contributed by atoms with van der Waals surface area (Å²) in [6, 6.07) is 12.4. The molecule has 2 aromatic carbocycles. The zero-order valence-corrected chi connectivity index (χ0v) is 17.1. The zero-order chi connectivity index (χ0) is 22.0. The highest BCUT2D eigenvalue weighted by Crippen LogP contribution is 2.20. The molecule has 4 rings (SSSR count). The smallest absolute Gasteiger partial charge is 0.254 e. The number of carbonyl (C=O) groups is 2. The Morgan fingerprint density at radius 3 is 2.58 bits per heavy atom. The molecule has 31 heavy (non-hydrogen) atoms. The number of aryl methyl sites for hydroxylation is 1. The Morgan fingerprint density at radius 2 is 1.84 bits per heavy atom. The Bertz CT molecular complexity index is 1220. The molecule has 1 N–H and O–H groups in total. The van der Waals surface area contributed by atoms with Crippen LogP contribution < -0.4 is 10.9 Å². The number of anilines is 1. The molecule has 0 atom stereocenters. The fourth-order valence-corrected chi connectivity index (χ4v) is 3.71. The molecule has 0 spiro atoms. The van der Waals surface area contributed by atoms with Gasteiger partial charge < -0.3 is 15.0 Å². The van der Waals surface area contributed by atoms with Gasteiger partial charge in [-0.05, 0) is 36.8 Å². The molecule has 7 nitrogen and oxygen atoms in total. The van der Waals surface area contributed by atoms with E-state index >= 15 is 0 Å². The predicted molar refractivity (Wildman–Crippen MR) is 115 cm³/mol. The molecule has 1 fully saturated rings. The summed E-state index contributed by atoms with van der Waals surface area (Å²) >= 11 is 0. The standard InChI is InChI=1S/C23H22FN3O4/c1-15-12-16(24)6-7-19(15)25-21(28)14-27-20-5-3-2-4-17(20)18(13-22(27)29)23(30)26-8-10-31-11-9-26/h2-7,12-13H,8-11,14H2,1H3,(H,25,28). The van der Waals surface area contributed by atoms with Crippen molar-refractivity contribution in [2.24, 2.45) is 0 Å². The number of nitrogens with one attached hydrogen (secondary N) is 1. The van der Waals surface area contributed by atoms with E-state index in [2.05, 4.69) is 5.32 Å². The van der Waals surface area contributed by atoms with E-state index in [0.29, 0.717) is 54.0 Å². The van der Waals surface area contributed by atoms with Crippen molar-refractivity contribution in [3.63, 3.8) is 0 Å². The van der Waals surface area contributed by atoms with E-state index in [1.54, 1.807) is 36.1 Å². The molecule has 2 amide bonds. The number of halogens is 1. The van der Waals surface area contributed by atoms with E-state index in [4.69, 9.17) is 4.74 Å². The number of benzene rings is 2. The van der Waals surface area contributed by atoms with Crippen LogP contribution in [0.5, 0.6) is 0 Å². The Labute approximate surface area is 178 Å². The number of carbonyl (C=O) groups excluding carboxylic acids is 2. The van der Waals surface area contributed by atoms with Crippen LogP contribution in [0.3, 0.4) is 0 Å². The highest BCUT2D eigenvalue weighted by atomic mass is 19.1. The first kappa shape index (κ1) is 20.7. The molecule has 0 aliphatic carbocycles. The minimum atomic E-state index is -0.443. The maximum atomic E-state index is 13.3. The van der Waals surface area contributed by atoms with E-state index in [1.165, 1.54) is 28.8 Å². The molecule has 0 bridgehead atoms. The van der Waals surface area contributed by atoms with Crippen molar-refractivity contribution >= 4 is 28.4 Å². The zero-order valence-electron chi connectivity index (χ0n) is 17.1. The number of rotatable bonds is 4. The number of nitrogens with zero attached hydrogens (tertiary/aromatic N) is 2. The Hall–Kier alpha value is -3.52. The van der Waals surface area contributed by atoms with E-state index < -0.39 is 17.3 Å². The lowest BCUT2D eigenvalue weighted by Gasteiger charge is -2.27. The van der Waals surface area contributed by atoms with Crippen LogP contribution in [0.25, 0.3) is 10.9 Å². The van der Waals surface area contributed by atoms with Gasteiger partial charge in [0.15, 0.2) is 0 Å². The Kier molecular flexibility index (Phi) is 5.81. The van der Waals surface area contributed by atoms with Crippen LogP contribution in [-0.4, -0.2) is 47.6 Å². The van der Waals surface area contributed by atoms with Gasteiger partial charge in [0.1, 0.15) is 12.4 Å². The molecule has 3 aromatic rings. The fourth-order valence-electron chi connectivity index (χ4n) is 3.71. The van der Waals surface area contributed by atoms with E-state index in [9.17, 15) is 18.8 Å². The van der Waals surface area contributed by atoms with Crippen LogP contribution in [-0.2, 0) is 16.1 Å². The van der Waals surface area contributed by atoms with Gasteiger partial charge in [-0.15, -0.1) is 0 Å². The molecule has 1 aliphatic rings. The van der Waals surface area contributed by atoms with Crippen LogP contribution in [0.1, 0.15) is 15.9 Å². The molecular formula is C23H22FN3O4. The van der Waals surface area contributed by atoms with Gasteiger partial charge in [-0.1, -0.05) is 18.2 Å². The largest absolute Gasteiger partial charge is 0.378 e. The Balaban J connectivity index is 1.66. The molecule has 0 radical (unpaired) electrons. The topological polar surface area (TPSA) is 80.6 Å². The minimum absolute atomic E-state index is 0.227. The average Bonchev–Trinajstić information content (AvgIpc) is 2.77. The fraction of sp³-hybridized carbons (Fsp3) is 0.261. The molecule has 160 valence electrons. The highest BCUT2D eigenvalue weighted by Gasteiger charge is 2.22. The van der Waals surface area contributed by atoms with E-state index in [0.717, 1.165) is 0 Å². The summed E-state index contributed by atoms with van der Waals surface area (Å²) in [6.45, 7) is 3.31. The van der Waals surface area contributed by atoms with Gasteiger partial charge in [-0.2, -0.15) is 0 Å². The van der Waals surface area contributed by atoms with Crippen molar-refractivity contribution in [3.8, 4) is 0 Å². The average molecular weight is 423 g/mol. The van der Waals surface area contributed by atoms with Crippen LogP contribution in [0.2, 0.25) is 0 Å². The molecule has 0 unspecified atom stereocenters. The van der Waals surface area contributed by atoms with Crippen molar-refractivity contribution in [1.29, 1.82) is 0 Å². The van der Waals surface area contributed by atoms with Gasteiger partial charge in [0.05, 0.1) is 24.3 Å². The highest BCUT2D eigenvalue weighted by molar-refractivity contribution is 6.06. The summed E-state index contributed by atoms with van der Waals surface area (Å²) < 4.78 is 19.9. The molecule has 1 saturated heterocycles. The second-order valence-electron chi connectivity index (χ2n) is 7.41. The number of pyridine rings is 1. The van der Waals surface area contributed by atoms with Gasteiger partial charge in [0, 0.05) is 30.2 Å². The number of ether oxygens (including phenoxy) is 1. The lowest BCUT2D eigenvalue weighted by atomic mass is 10.1. The SMILES string of the molecule is Cc1cc(F)ccc1NC(=O)Cn1c(=O)cc(C(=O)N2CCOCC2)c2ccccc21. The molecule has 1 aliphatic heterocycles. The third kappa shape index (κ3) is 4.34. The minimum Gasteiger partial charge on any atom is -0.378 e. The van der Waals surface area contributed by atoms with Gasteiger partial charge in [0.25, 0.3) is 11.5 Å². The second-order valence-corrected chi connectivity index (χ2v) is 7.41. The van der Waals surface area contributed by atoms with E-state index in [1.807, 2.05) is 0 Å². The maximum absolute atomic E-state index is 13.3. The lowest BCUT2D eigenvalue weighted by Crippen LogP contribution is -2.41. The van der Waals surface area contributed by atoms with Gasteiger partial charge in [-0.25, -0.2) is 4.39 Å². The Morgan fingerprint density at radius 1 is 1.10 bits per heavy atom. The van der Waals surface area contributed by atoms with Gasteiger partial charge in [-0.3, -0.25) is 19.0 Å². The summed E-state index contributed by atoms with van der Waals surface area (Å²) in [7, 11) is 0. The van der Waals surface area contributed by atoms with Crippen LogP contribution >= 0.6 is 0 Å². The third-order valence-electron chi connectivity index (χ3n) is 5.31. The first-order valence-corrected chi connectivity index (χ1v) is 9.99. The van der Waals surface area contributed by atoms with E-state index in [-0.39, 0.29) is 12.5 Å². The monoisotopic (exact) mass is 423 g/mol. The number of amides is 2. The van der Waals surface area contributed by atoms with Crippen molar-refractivity contribution in [1.82, 2.24) is 9.47 Å². The number of hydrogen-bond donors (Lipinski definition) is 1. The first-order valence-electron chi connectivity index (χ1n) is 9.99. The molecule has 0 saturated carbocycles. The summed E-state index contributed by atoms with van der Waals surface area (Å²) in [5.74, 6) is -1.04.